The van der Waals surface area contributed by atoms with Crippen molar-refractivity contribution in [3.8, 4) is 0 Å². The third-order valence-electron chi connectivity index (χ3n) is 2.61. The van der Waals surface area contributed by atoms with Gasteiger partial charge < -0.3 is 4.90 Å². The Morgan fingerprint density at radius 3 is 2.29 bits per heavy atom. The van der Waals surface area contributed by atoms with Gasteiger partial charge in [-0.1, -0.05) is 47.5 Å². The summed E-state index contributed by atoms with van der Waals surface area (Å²) in [6.45, 7) is 2.92. The van der Waals surface area contributed by atoms with E-state index in [0.717, 1.165) is 17.9 Å². The fraction of sp³-hybridized carbons (Fsp3) is 0.143. The Hall–Kier alpha value is -1.18. The monoisotopic (exact) mass is 265 g/mol. The lowest BCUT2D eigenvalue weighted by molar-refractivity contribution is 1.02. The van der Waals surface area contributed by atoms with Crippen molar-refractivity contribution in [2.75, 3.05) is 11.4 Å². The van der Waals surface area contributed by atoms with Crippen LogP contribution in [0.2, 0.25) is 10.0 Å². The van der Waals surface area contributed by atoms with Gasteiger partial charge in [0.25, 0.3) is 0 Å². The Balaban J connectivity index is 2.46. The highest BCUT2D eigenvalue weighted by Crippen LogP contribution is 2.35. The molecule has 2 aromatic carbocycles. The highest BCUT2D eigenvalue weighted by Gasteiger charge is 2.12. The molecule has 2 rings (SSSR count). The summed E-state index contributed by atoms with van der Waals surface area (Å²) in [7, 11) is 0. The van der Waals surface area contributed by atoms with Crippen LogP contribution < -0.4 is 4.90 Å². The van der Waals surface area contributed by atoms with E-state index in [4.69, 9.17) is 23.2 Å². The maximum absolute atomic E-state index is 6.24. The summed E-state index contributed by atoms with van der Waals surface area (Å²) in [6.07, 6.45) is 0. The minimum atomic E-state index is 0.582. The van der Waals surface area contributed by atoms with Gasteiger partial charge in [-0.3, -0.25) is 0 Å². The molecule has 0 saturated heterocycles. The second kappa shape index (κ2) is 5.44. The lowest BCUT2D eigenvalue weighted by Crippen LogP contribution is -2.16. The molecule has 0 aliphatic carbocycles. The summed E-state index contributed by atoms with van der Waals surface area (Å²) >= 11 is 12.3. The van der Waals surface area contributed by atoms with E-state index in [-0.39, 0.29) is 0 Å². The number of para-hydroxylation sites is 1. The molecule has 0 aromatic heterocycles. The van der Waals surface area contributed by atoms with Crippen LogP contribution in [-0.4, -0.2) is 6.54 Å². The predicted octanol–water partition coefficient (Wildman–Crippen LogP) is 5.15. The minimum Gasteiger partial charge on any atom is -0.341 e. The van der Waals surface area contributed by atoms with E-state index in [2.05, 4.69) is 24.0 Å². The van der Waals surface area contributed by atoms with Crippen molar-refractivity contribution in [3.63, 3.8) is 0 Å². The van der Waals surface area contributed by atoms with Crippen molar-refractivity contribution in [1.82, 2.24) is 0 Å². The molecule has 1 nitrogen and oxygen atoms in total. The first-order valence-corrected chi connectivity index (χ1v) is 6.26. The molecule has 0 aliphatic heterocycles. The number of nitrogens with zero attached hydrogens (tertiary/aromatic N) is 1. The number of benzene rings is 2. The maximum Gasteiger partial charge on any atom is 0.0829 e. The average molecular weight is 266 g/mol. The molecule has 2 aromatic rings. The molecule has 0 saturated carbocycles. The molecule has 0 heterocycles. The van der Waals surface area contributed by atoms with Gasteiger partial charge in [0, 0.05) is 12.2 Å². The Kier molecular flexibility index (Phi) is 3.93. The van der Waals surface area contributed by atoms with E-state index in [1.54, 1.807) is 6.07 Å². The van der Waals surface area contributed by atoms with Gasteiger partial charge in [-0.05, 0) is 31.2 Å². The zero-order valence-corrected chi connectivity index (χ0v) is 11.0. The standard InChI is InChI=1S/C14H13Cl2N/c1-2-17(11-7-4-3-5-8-11)13-10-6-9-12(15)14(13)16/h3-10H,2H2,1H3. The summed E-state index contributed by atoms with van der Waals surface area (Å²) < 4.78 is 0. The van der Waals surface area contributed by atoms with Crippen molar-refractivity contribution in [3.05, 3.63) is 58.6 Å². The van der Waals surface area contributed by atoms with Crippen molar-refractivity contribution in [1.29, 1.82) is 0 Å². The Morgan fingerprint density at radius 2 is 1.65 bits per heavy atom. The summed E-state index contributed by atoms with van der Waals surface area (Å²) in [5, 5.41) is 1.18. The zero-order chi connectivity index (χ0) is 12.3. The molecular formula is C14H13Cl2N. The third kappa shape index (κ3) is 2.56. The maximum atomic E-state index is 6.24. The van der Waals surface area contributed by atoms with Gasteiger partial charge in [0.2, 0.25) is 0 Å². The second-order valence-electron chi connectivity index (χ2n) is 3.65. The van der Waals surface area contributed by atoms with Crippen LogP contribution in [0.4, 0.5) is 11.4 Å². The van der Waals surface area contributed by atoms with Crippen molar-refractivity contribution in [2.24, 2.45) is 0 Å². The topological polar surface area (TPSA) is 3.24 Å². The SMILES string of the molecule is CCN(c1ccccc1)c1cccc(Cl)c1Cl. The molecule has 0 atom stereocenters. The molecule has 0 N–H and O–H groups in total. The van der Waals surface area contributed by atoms with E-state index < -0.39 is 0 Å². The van der Waals surface area contributed by atoms with Crippen LogP contribution in [0.25, 0.3) is 0 Å². The molecule has 3 heteroatoms. The number of anilines is 2. The first-order chi connectivity index (χ1) is 8.24. The Bertz CT molecular complexity index is 497. The van der Waals surface area contributed by atoms with Gasteiger partial charge in [-0.25, -0.2) is 0 Å². The predicted molar refractivity (Wildman–Crippen MR) is 75.6 cm³/mol. The Morgan fingerprint density at radius 1 is 0.941 bits per heavy atom. The summed E-state index contributed by atoms with van der Waals surface area (Å²) in [6, 6.07) is 15.8. The fourth-order valence-corrected chi connectivity index (χ4v) is 2.20. The lowest BCUT2D eigenvalue weighted by Gasteiger charge is -2.24. The first-order valence-electron chi connectivity index (χ1n) is 5.50. The summed E-state index contributed by atoms with van der Waals surface area (Å²) in [5.74, 6) is 0. The van der Waals surface area contributed by atoms with Crippen LogP contribution in [0.5, 0.6) is 0 Å². The molecule has 0 unspecified atom stereocenters. The molecular weight excluding hydrogens is 253 g/mol. The highest BCUT2D eigenvalue weighted by atomic mass is 35.5. The van der Waals surface area contributed by atoms with Crippen LogP contribution in [0.15, 0.2) is 48.5 Å². The van der Waals surface area contributed by atoms with Crippen LogP contribution in [0.1, 0.15) is 6.92 Å². The van der Waals surface area contributed by atoms with Gasteiger partial charge in [0.1, 0.15) is 0 Å². The summed E-state index contributed by atoms with van der Waals surface area (Å²) in [4.78, 5) is 2.13. The molecule has 0 fully saturated rings. The molecule has 17 heavy (non-hydrogen) atoms. The Labute approximate surface area is 112 Å². The van der Waals surface area contributed by atoms with Crippen LogP contribution in [0, 0.1) is 0 Å². The summed E-state index contributed by atoms with van der Waals surface area (Å²) in [5.41, 5.74) is 2.05. The van der Waals surface area contributed by atoms with Gasteiger partial charge in [0.15, 0.2) is 0 Å². The van der Waals surface area contributed by atoms with Crippen LogP contribution >= 0.6 is 23.2 Å². The van der Waals surface area contributed by atoms with Crippen molar-refractivity contribution >= 4 is 34.6 Å². The largest absolute Gasteiger partial charge is 0.341 e. The highest BCUT2D eigenvalue weighted by molar-refractivity contribution is 6.43. The molecule has 0 amide bonds. The van der Waals surface area contributed by atoms with Gasteiger partial charge >= 0.3 is 0 Å². The number of rotatable bonds is 3. The molecule has 0 radical (unpaired) electrons. The van der Waals surface area contributed by atoms with Crippen molar-refractivity contribution < 1.29 is 0 Å². The average Bonchev–Trinajstić information content (AvgIpc) is 2.37. The fourth-order valence-electron chi connectivity index (χ4n) is 1.80. The van der Waals surface area contributed by atoms with E-state index in [0.29, 0.717) is 10.0 Å². The smallest absolute Gasteiger partial charge is 0.0829 e. The second-order valence-corrected chi connectivity index (χ2v) is 4.44. The first kappa shape index (κ1) is 12.3. The van der Waals surface area contributed by atoms with E-state index in [1.165, 1.54) is 0 Å². The third-order valence-corrected chi connectivity index (χ3v) is 3.42. The van der Waals surface area contributed by atoms with Crippen LogP contribution in [-0.2, 0) is 0 Å². The number of hydrogen-bond acceptors (Lipinski definition) is 1. The van der Waals surface area contributed by atoms with Gasteiger partial charge in [-0.2, -0.15) is 0 Å². The normalized spacial score (nSPS) is 10.3. The van der Waals surface area contributed by atoms with E-state index in [1.807, 2.05) is 30.3 Å². The van der Waals surface area contributed by atoms with Gasteiger partial charge in [0.05, 0.1) is 15.7 Å². The molecule has 0 spiro atoms. The minimum absolute atomic E-state index is 0.582. The zero-order valence-electron chi connectivity index (χ0n) is 9.53. The quantitative estimate of drug-likeness (QED) is 0.742. The number of halogens is 2. The lowest BCUT2D eigenvalue weighted by atomic mass is 10.2. The molecule has 88 valence electrons. The van der Waals surface area contributed by atoms with Crippen molar-refractivity contribution in [2.45, 2.75) is 6.92 Å². The van der Waals surface area contributed by atoms with Gasteiger partial charge in [-0.15, -0.1) is 0 Å². The number of hydrogen-bond donors (Lipinski definition) is 0. The molecule has 0 aliphatic rings. The van der Waals surface area contributed by atoms with E-state index >= 15 is 0 Å². The molecule has 0 bridgehead atoms. The van der Waals surface area contributed by atoms with Crippen LogP contribution in [0.3, 0.4) is 0 Å². The van der Waals surface area contributed by atoms with E-state index in [9.17, 15) is 0 Å².